The fourth-order valence-electron chi connectivity index (χ4n) is 7.60. The van der Waals surface area contributed by atoms with Crippen molar-refractivity contribution in [3.05, 3.63) is 193 Å². The molecule has 0 aliphatic rings. The molecule has 0 atom stereocenters. The lowest BCUT2D eigenvalue weighted by atomic mass is 9.84. The molecule has 0 aliphatic heterocycles. The molecule has 0 radical (unpaired) electrons. The molecule has 220 valence electrons. The van der Waals surface area contributed by atoms with Gasteiger partial charge in [-0.2, -0.15) is 0 Å². The first-order valence-corrected chi connectivity index (χ1v) is 16.4. The van der Waals surface area contributed by atoms with Crippen LogP contribution in [0, 0.1) is 0 Å². The molecular formula is C47H32. The van der Waals surface area contributed by atoms with Crippen molar-refractivity contribution in [1.82, 2.24) is 0 Å². The quantitative estimate of drug-likeness (QED) is 0.137. The molecule has 0 unspecified atom stereocenters. The Morgan fingerprint density at radius 1 is 0.298 bits per heavy atom. The third-order valence-electron chi connectivity index (χ3n) is 9.75. The highest BCUT2D eigenvalue weighted by Crippen LogP contribution is 2.43. The van der Waals surface area contributed by atoms with Gasteiger partial charge in [0, 0.05) is 0 Å². The molecule has 9 aromatic rings. The topological polar surface area (TPSA) is 0 Å². The van der Waals surface area contributed by atoms with Gasteiger partial charge < -0.3 is 0 Å². The minimum Gasteiger partial charge on any atom is -0.0622 e. The fourth-order valence-corrected chi connectivity index (χ4v) is 7.60. The third kappa shape index (κ3) is 4.69. The Bertz CT molecular complexity index is 2520. The highest BCUT2D eigenvalue weighted by molar-refractivity contribution is 6.19. The van der Waals surface area contributed by atoms with E-state index in [4.69, 9.17) is 0 Å². The van der Waals surface area contributed by atoms with Crippen LogP contribution in [0.4, 0.5) is 0 Å². The van der Waals surface area contributed by atoms with Crippen molar-refractivity contribution in [2.24, 2.45) is 0 Å². The standard InChI is InChI=1S/C47H32/c1-3-15-32(16-4-1)37-21-9-7-19-34(37)30-46-39-23-11-13-25-42(39)47(43-26-14-12-24-40(43)46)36-27-28-41-44(33-17-5-2-6-18-33)29-35-20-8-10-22-38(35)45(41)31-36/h1-29,31H,30H2. The highest BCUT2D eigenvalue weighted by atomic mass is 14.2. The van der Waals surface area contributed by atoms with Gasteiger partial charge in [-0.3, -0.25) is 0 Å². The minimum atomic E-state index is 0.856. The molecule has 9 aromatic carbocycles. The molecule has 0 heterocycles. The molecule has 47 heavy (non-hydrogen) atoms. The smallest absolute Gasteiger partial charge is 0.000728 e. The average molecular weight is 597 g/mol. The number of benzene rings is 9. The summed E-state index contributed by atoms with van der Waals surface area (Å²) < 4.78 is 0. The van der Waals surface area contributed by atoms with Crippen LogP contribution >= 0.6 is 0 Å². The van der Waals surface area contributed by atoms with E-state index >= 15 is 0 Å². The van der Waals surface area contributed by atoms with Gasteiger partial charge in [-0.25, -0.2) is 0 Å². The Morgan fingerprint density at radius 2 is 0.830 bits per heavy atom. The maximum atomic E-state index is 2.43. The Labute approximate surface area is 275 Å². The van der Waals surface area contributed by atoms with Gasteiger partial charge in [0.2, 0.25) is 0 Å². The fraction of sp³-hybridized carbons (Fsp3) is 0.0213. The molecule has 0 nitrogen and oxygen atoms in total. The van der Waals surface area contributed by atoms with Crippen LogP contribution in [0.1, 0.15) is 11.1 Å². The molecule has 0 N–H and O–H groups in total. The van der Waals surface area contributed by atoms with Crippen LogP contribution in [0.2, 0.25) is 0 Å². The first kappa shape index (κ1) is 27.3. The van der Waals surface area contributed by atoms with E-state index in [1.165, 1.54) is 87.6 Å². The van der Waals surface area contributed by atoms with Crippen molar-refractivity contribution >= 4 is 43.1 Å². The maximum absolute atomic E-state index is 2.43. The van der Waals surface area contributed by atoms with Crippen LogP contribution in [0.25, 0.3) is 76.5 Å². The van der Waals surface area contributed by atoms with Crippen LogP contribution in [-0.4, -0.2) is 0 Å². The zero-order chi connectivity index (χ0) is 31.2. The molecule has 0 amide bonds. The van der Waals surface area contributed by atoms with Gasteiger partial charge in [0.25, 0.3) is 0 Å². The van der Waals surface area contributed by atoms with Crippen molar-refractivity contribution in [3.63, 3.8) is 0 Å². The largest absolute Gasteiger partial charge is 0.0622 e. The summed E-state index contributed by atoms with van der Waals surface area (Å²) in [7, 11) is 0. The molecule has 0 spiro atoms. The molecule has 0 saturated heterocycles. The zero-order valence-electron chi connectivity index (χ0n) is 26.0. The number of hydrogen-bond acceptors (Lipinski definition) is 0. The maximum Gasteiger partial charge on any atom is -0.000728 e. The van der Waals surface area contributed by atoms with Crippen LogP contribution in [-0.2, 0) is 6.42 Å². The molecule has 0 heteroatoms. The number of fused-ring (bicyclic) bond motifs is 5. The average Bonchev–Trinajstić information content (AvgIpc) is 3.15. The van der Waals surface area contributed by atoms with E-state index in [1.807, 2.05) is 0 Å². The van der Waals surface area contributed by atoms with E-state index in [2.05, 4.69) is 182 Å². The Kier molecular flexibility index (Phi) is 6.65. The van der Waals surface area contributed by atoms with E-state index in [-0.39, 0.29) is 0 Å². The van der Waals surface area contributed by atoms with E-state index in [1.54, 1.807) is 0 Å². The highest BCUT2D eigenvalue weighted by Gasteiger charge is 2.18. The minimum absolute atomic E-state index is 0.856. The van der Waals surface area contributed by atoms with Gasteiger partial charge in [-0.05, 0) is 106 Å². The predicted molar refractivity (Wildman–Crippen MR) is 202 cm³/mol. The lowest BCUT2D eigenvalue weighted by molar-refractivity contribution is 1.23. The first-order valence-electron chi connectivity index (χ1n) is 16.4. The SMILES string of the molecule is c1ccc(-c2ccccc2Cc2c3ccccc3c(-c3ccc4c(-c5ccccc5)cc5ccccc5c4c3)c3ccccc23)cc1. The van der Waals surface area contributed by atoms with E-state index < -0.39 is 0 Å². The van der Waals surface area contributed by atoms with Gasteiger partial charge in [0.05, 0.1) is 0 Å². The number of hydrogen-bond donors (Lipinski definition) is 0. The first-order chi connectivity index (χ1) is 23.3. The lowest BCUT2D eigenvalue weighted by Crippen LogP contribution is -1.97. The summed E-state index contributed by atoms with van der Waals surface area (Å²) in [6.07, 6.45) is 0.856. The Hall–Kier alpha value is -5.98. The summed E-state index contributed by atoms with van der Waals surface area (Å²) in [6, 6.07) is 66.7. The second-order valence-corrected chi connectivity index (χ2v) is 12.4. The summed E-state index contributed by atoms with van der Waals surface area (Å²) in [5, 5.41) is 10.3. The van der Waals surface area contributed by atoms with E-state index in [9.17, 15) is 0 Å². The van der Waals surface area contributed by atoms with E-state index in [0.29, 0.717) is 0 Å². The van der Waals surface area contributed by atoms with Crippen molar-refractivity contribution in [1.29, 1.82) is 0 Å². The van der Waals surface area contributed by atoms with Crippen LogP contribution in [0.15, 0.2) is 182 Å². The number of rotatable bonds is 5. The summed E-state index contributed by atoms with van der Waals surface area (Å²) in [5.74, 6) is 0. The second-order valence-electron chi connectivity index (χ2n) is 12.4. The Morgan fingerprint density at radius 3 is 1.51 bits per heavy atom. The second kappa shape index (κ2) is 11.4. The van der Waals surface area contributed by atoms with Gasteiger partial charge in [-0.15, -0.1) is 0 Å². The molecule has 0 aromatic heterocycles. The monoisotopic (exact) mass is 596 g/mol. The van der Waals surface area contributed by atoms with Crippen LogP contribution < -0.4 is 0 Å². The van der Waals surface area contributed by atoms with Gasteiger partial charge in [0.1, 0.15) is 0 Å². The van der Waals surface area contributed by atoms with Crippen molar-refractivity contribution in [2.75, 3.05) is 0 Å². The normalized spacial score (nSPS) is 11.5. The van der Waals surface area contributed by atoms with E-state index in [0.717, 1.165) is 6.42 Å². The van der Waals surface area contributed by atoms with Crippen molar-refractivity contribution in [3.8, 4) is 33.4 Å². The van der Waals surface area contributed by atoms with Crippen LogP contribution in [0.3, 0.4) is 0 Å². The molecule has 9 rings (SSSR count). The van der Waals surface area contributed by atoms with Gasteiger partial charge in [-0.1, -0.05) is 170 Å². The van der Waals surface area contributed by atoms with Crippen LogP contribution in [0.5, 0.6) is 0 Å². The van der Waals surface area contributed by atoms with Gasteiger partial charge >= 0.3 is 0 Å². The predicted octanol–water partition coefficient (Wildman–Crippen LogP) is 12.9. The summed E-state index contributed by atoms with van der Waals surface area (Å²) in [5.41, 5.74) is 10.3. The molecule has 0 fully saturated rings. The summed E-state index contributed by atoms with van der Waals surface area (Å²) in [4.78, 5) is 0. The third-order valence-corrected chi connectivity index (χ3v) is 9.75. The van der Waals surface area contributed by atoms with Crippen molar-refractivity contribution < 1.29 is 0 Å². The summed E-state index contributed by atoms with van der Waals surface area (Å²) >= 11 is 0. The zero-order valence-corrected chi connectivity index (χ0v) is 26.0. The molecule has 0 bridgehead atoms. The summed E-state index contributed by atoms with van der Waals surface area (Å²) in [6.45, 7) is 0. The van der Waals surface area contributed by atoms with Gasteiger partial charge in [0.15, 0.2) is 0 Å². The molecule has 0 saturated carbocycles. The molecule has 0 aliphatic carbocycles. The van der Waals surface area contributed by atoms with Crippen molar-refractivity contribution in [2.45, 2.75) is 6.42 Å². The molecular weight excluding hydrogens is 565 g/mol. The lowest BCUT2D eigenvalue weighted by Gasteiger charge is -2.19. The Balaban J connectivity index is 1.30.